The van der Waals surface area contributed by atoms with Crippen molar-refractivity contribution >= 4 is 5.78 Å². The van der Waals surface area contributed by atoms with Gasteiger partial charge in [0.1, 0.15) is 11.5 Å². The fourth-order valence-electron chi connectivity index (χ4n) is 1.91. The first-order chi connectivity index (χ1) is 11.1. The van der Waals surface area contributed by atoms with Gasteiger partial charge in [-0.2, -0.15) is 5.26 Å². The summed E-state index contributed by atoms with van der Waals surface area (Å²) in [7, 11) is 3.07. The summed E-state index contributed by atoms with van der Waals surface area (Å²) in [6, 6.07) is 7.19. The van der Waals surface area contributed by atoms with Gasteiger partial charge in [0.25, 0.3) is 0 Å². The smallest absolute Gasteiger partial charge is 0.189 e. The summed E-state index contributed by atoms with van der Waals surface area (Å²) in [6.07, 6.45) is 7.44. The van der Waals surface area contributed by atoms with E-state index in [0.29, 0.717) is 29.1 Å². The predicted molar refractivity (Wildman–Crippen MR) is 90.8 cm³/mol. The molecule has 120 valence electrons. The van der Waals surface area contributed by atoms with Gasteiger partial charge in [0, 0.05) is 11.6 Å². The van der Waals surface area contributed by atoms with Crippen LogP contribution in [-0.4, -0.2) is 20.0 Å². The van der Waals surface area contributed by atoms with Gasteiger partial charge in [-0.1, -0.05) is 19.1 Å². The Labute approximate surface area is 137 Å². The normalized spacial score (nSPS) is 12.1. The van der Waals surface area contributed by atoms with Crippen molar-refractivity contribution in [1.82, 2.24) is 0 Å². The lowest BCUT2D eigenvalue weighted by molar-refractivity contribution is 0.104. The van der Waals surface area contributed by atoms with E-state index in [1.54, 1.807) is 37.5 Å². The van der Waals surface area contributed by atoms with E-state index in [1.807, 2.05) is 19.9 Å². The second-order valence-corrected chi connectivity index (χ2v) is 4.69. The number of hydrogen-bond donors (Lipinski definition) is 0. The minimum absolute atomic E-state index is 0.174. The molecule has 0 spiro atoms. The van der Waals surface area contributed by atoms with Crippen LogP contribution >= 0.6 is 0 Å². The second-order valence-electron chi connectivity index (χ2n) is 4.69. The lowest BCUT2D eigenvalue weighted by atomic mass is 10.1. The van der Waals surface area contributed by atoms with Gasteiger partial charge in [-0.05, 0) is 43.2 Å². The van der Waals surface area contributed by atoms with E-state index in [-0.39, 0.29) is 5.78 Å². The number of ketones is 1. The Balaban J connectivity index is 3.03. The molecule has 0 aliphatic carbocycles. The van der Waals surface area contributed by atoms with Crippen LogP contribution in [0.5, 0.6) is 11.5 Å². The summed E-state index contributed by atoms with van der Waals surface area (Å²) >= 11 is 0. The van der Waals surface area contributed by atoms with Crippen molar-refractivity contribution in [2.75, 3.05) is 14.2 Å². The molecular formula is C19H21NO3. The van der Waals surface area contributed by atoms with E-state index in [1.165, 1.54) is 13.2 Å². The highest BCUT2D eigenvalue weighted by Gasteiger charge is 2.10. The highest BCUT2D eigenvalue weighted by atomic mass is 16.5. The Bertz CT molecular complexity index is 691. The first kappa shape index (κ1) is 18.2. The number of rotatable bonds is 7. The number of benzene rings is 1. The van der Waals surface area contributed by atoms with Crippen LogP contribution in [0, 0.1) is 11.3 Å². The molecule has 0 N–H and O–H groups in total. The van der Waals surface area contributed by atoms with Gasteiger partial charge in [0.2, 0.25) is 0 Å². The van der Waals surface area contributed by atoms with Crippen LogP contribution < -0.4 is 9.47 Å². The van der Waals surface area contributed by atoms with Gasteiger partial charge in [-0.3, -0.25) is 4.79 Å². The van der Waals surface area contributed by atoms with Crippen molar-refractivity contribution < 1.29 is 14.3 Å². The van der Waals surface area contributed by atoms with E-state index in [0.717, 1.165) is 5.57 Å². The van der Waals surface area contributed by atoms with Crippen LogP contribution in [0.3, 0.4) is 0 Å². The van der Waals surface area contributed by atoms with Crippen molar-refractivity contribution in [2.45, 2.75) is 20.3 Å². The van der Waals surface area contributed by atoms with Crippen molar-refractivity contribution in [3.63, 3.8) is 0 Å². The predicted octanol–water partition coefficient (Wildman–Crippen LogP) is 4.25. The fraction of sp³-hybridized carbons (Fsp3) is 0.263. The van der Waals surface area contributed by atoms with E-state index < -0.39 is 0 Å². The van der Waals surface area contributed by atoms with Crippen LogP contribution in [0.4, 0.5) is 0 Å². The molecule has 1 aromatic rings. The largest absolute Gasteiger partial charge is 0.497 e. The zero-order valence-corrected chi connectivity index (χ0v) is 13.9. The van der Waals surface area contributed by atoms with Crippen molar-refractivity contribution in [1.29, 1.82) is 5.26 Å². The Morgan fingerprint density at radius 1 is 1.26 bits per heavy atom. The third kappa shape index (κ3) is 5.15. The summed E-state index contributed by atoms with van der Waals surface area (Å²) in [6.45, 7) is 3.78. The maximum Gasteiger partial charge on any atom is 0.189 e. The van der Waals surface area contributed by atoms with Crippen LogP contribution in [0.1, 0.15) is 30.6 Å². The number of carbonyl (C=O) groups excluding carboxylic acids is 1. The van der Waals surface area contributed by atoms with Gasteiger partial charge in [-0.25, -0.2) is 0 Å². The minimum Gasteiger partial charge on any atom is -0.497 e. The molecule has 1 rings (SSSR count). The first-order valence-corrected chi connectivity index (χ1v) is 7.31. The maximum absolute atomic E-state index is 12.3. The Hall–Kier alpha value is -2.80. The summed E-state index contributed by atoms with van der Waals surface area (Å²) in [5, 5.41) is 8.98. The molecule has 0 bridgehead atoms. The monoisotopic (exact) mass is 311 g/mol. The molecule has 0 radical (unpaired) electrons. The molecule has 0 fully saturated rings. The molecule has 0 atom stereocenters. The Morgan fingerprint density at radius 2 is 2.00 bits per heavy atom. The maximum atomic E-state index is 12.3. The van der Waals surface area contributed by atoms with Gasteiger partial charge in [0.05, 0.1) is 25.9 Å². The fourth-order valence-corrected chi connectivity index (χ4v) is 1.91. The molecular weight excluding hydrogens is 290 g/mol. The van der Waals surface area contributed by atoms with Crippen molar-refractivity contribution in [3.8, 4) is 17.6 Å². The van der Waals surface area contributed by atoms with Gasteiger partial charge in [0.15, 0.2) is 5.78 Å². The summed E-state index contributed by atoms with van der Waals surface area (Å²) in [5.41, 5.74) is 1.93. The molecule has 23 heavy (non-hydrogen) atoms. The van der Waals surface area contributed by atoms with E-state index in [4.69, 9.17) is 14.7 Å². The Morgan fingerprint density at radius 3 is 2.52 bits per heavy atom. The number of carbonyl (C=O) groups is 1. The number of methoxy groups -OCH3 is 2. The van der Waals surface area contributed by atoms with Gasteiger partial charge < -0.3 is 9.47 Å². The summed E-state index contributed by atoms with van der Waals surface area (Å²) in [4.78, 5) is 12.3. The quantitative estimate of drug-likeness (QED) is 0.327. The van der Waals surface area contributed by atoms with Gasteiger partial charge >= 0.3 is 0 Å². The minimum atomic E-state index is -0.174. The number of allylic oxidation sites excluding steroid dienone is 6. The van der Waals surface area contributed by atoms with Crippen LogP contribution in [0.15, 0.2) is 53.6 Å². The van der Waals surface area contributed by atoms with Crippen LogP contribution in [0.2, 0.25) is 0 Å². The third-order valence-electron chi connectivity index (χ3n) is 3.30. The van der Waals surface area contributed by atoms with Crippen LogP contribution in [0.25, 0.3) is 0 Å². The second kappa shape index (κ2) is 9.26. The average Bonchev–Trinajstić information content (AvgIpc) is 2.61. The van der Waals surface area contributed by atoms with E-state index in [2.05, 4.69) is 6.07 Å². The van der Waals surface area contributed by atoms with E-state index in [9.17, 15) is 4.79 Å². The van der Waals surface area contributed by atoms with E-state index >= 15 is 0 Å². The number of nitriles is 1. The zero-order valence-electron chi connectivity index (χ0n) is 13.9. The van der Waals surface area contributed by atoms with Crippen LogP contribution in [-0.2, 0) is 0 Å². The molecule has 0 aliphatic rings. The average molecular weight is 311 g/mol. The molecule has 1 aromatic carbocycles. The molecule has 0 aromatic heterocycles. The lowest BCUT2D eigenvalue weighted by Gasteiger charge is -2.08. The van der Waals surface area contributed by atoms with Crippen molar-refractivity contribution in [2.24, 2.45) is 0 Å². The molecule has 0 heterocycles. The number of ether oxygens (including phenoxy) is 2. The first-order valence-electron chi connectivity index (χ1n) is 7.31. The SMILES string of the molecule is C/C=C(/C=C/C(=O)c1ccc(OC)cc1OC)\C=C(\C#N)CC. The molecule has 0 saturated heterocycles. The van der Waals surface area contributed by atoms with Crippen molar-refractivity contribution in [3.05, 3.63) is 59.2 Å². The summed E-state index contributed by atoms with van der Waals surface area (Å²) in [5.74, 6) is 0.913. The molecule has 0 amide bonds. The zero-order chi connectivity index (χ0) is 17.2. The Kier molecular flexibility index (Phi) is 7.35. The standard InChI is InChI=1S/C19H21NO3/c1-5-14(11-15(6-2)13-20)7-10-18(21)17-9-8-16(22-3)12-19(17)23-4/h5,7-12H,6H2,1-4H3/b10-7+,14-5-,15-11+. The topological polar surface area (TPSA) is 59.3 Å². The molecule has 0 aliphatic heterocycles. The lowest BCUT2D eigenvalue weighted by Crippen LogP contribution is -1.99. The third-order valence-corrected chi connectivity index (χ3v) is 3.30. The molecule has 0 unspecified atom stereocenters. The molecule has 4 nitrogen and oxygen atoms in total. The highest BCUT2D eigenvalue weighted by Crippen LogP contribution is 2.25. The number of nitrogens with zero attached hydrogens (tertiary/aromatic N) is 1. The highest BCUT2D eigenvalue weighted by molar-refractivity contribution is 6.06. The molecule has 0 saturated carbocycles. The van der Waals surface area contributed by atoms with Gasteiger partial charge in [-0.15, -0.1) is 0 Å². The summed E-state index contributed by atoms with van der Waals surface area (Å²) < 4.78 is 10.4. The molecule has 4 heteroatoms. The number of hydrogen-bond acceptors (Lipinski definition) is 4.